The zero-order chi connectivity index (χ0) is 11.5. The molecule has 0 aliphatic rings. The van der Waals surface area contributed by atoms with Crippen LogP contribution < -0.4 is 10.6 Å². The first-order chi connectivity index (χ1) is 6.93. The van der Waals surface area contributed by atoms with Gasteiger partial charge in [0.15, 0.2) is 5.03 Å². The molecule has 84 valence electrons. The van der Waals surface area contributed by atoms with Crippen molar-refractivity contribution in [3.63, 3.8) is 0 Å². The van der Waals surface area contributed by atoms with Gasteiger partial charge >= 0.3 is 0 Å². The van der Waals surface area contributed by atoms with Crippen LogP contribution in [-0.4, -0.2) is 30.7 Å². The Morgan fingerprint density at radius 1 is 1.73 bits per heavy atom. The number of carbonyl (C=O) groups excluding carboxylic acids is 1. The van der Waals surface area contributed by atoms with Gasteiger partial charge in [0, 0.05) is 7.05 Å². The minimum atomic E-state index is -3.82. The first kappa shape index (κ1) is 11.6. The molecular weight excluding hydrogens is 224 g/mol. The number of primary amides is 1. The summed E-state index contributed by atoms with van der Waals surface area (Å²) in [4.78, 5) is 16.4. The molecule has 1 amide bonds. The van der Waals surface area contributed by atoms with Crippen LogP contribution >= 0.6 is 0 Å². The molecule has 1 heterocycles. The number of sulfonamides is 1. The second-order valence-electron chi connectivity index (χ2n) is 2.63. The van der Waals surface area contributed by atoms with E-state index >= 15 is 0 Å². The summed E-state index contributed by atoms with van der Waals surface area (Å²) < 4.78 is 24.0. The highest BCUT2D eigenvalue weighted by atomic mass is 32.2. The van der Waals surface area contributed by atoms with E-state index in [1.54, 1.807) is 4.89 Å². The topological polar surface area (TPSA) is 116 Å². The number of carbonyl (C=O) groups is 1. The van der Waals surface area contributed by atoms with Crippen LogP contribution in [0, 0.1) is 0 Å². The van der Waals surface area contributed by atoms with Crippen LogP contribution in [0.2, 0.25) is 0 Å². The van der Waals surface area contributed by atoms with Crippen molar-refractivity contribution in [3.05, 3.63) is 12.3 Å². The fourth-order valence-electron chi connectivity index (χ4n) is 0.846. The van der Waals surface area contributed by atoms with Crippen molar-refractivity contribution in [1.29, 1.82) is 0 Å². The SMILES string of the molecule is Cn1nccc1S(=O)(=O)NOCC(N)=O. The third kappa shape index (κ3) is 3.01. The average molecular weight is 234 g/mol. The monoisotopic (exact) mass is 234 g/mol. The van der Waals surface area contributed by atoms with E-state index in [-0.39, 0.29) is 5.03 Å². The van der Waals surface area contributed by atoms with E-state index in [4.69, 9.17) is 5.73 Å². The number of nitrogens with two attached hydrogens (primary N) is 1. The Morgan fingerprint density at radius 3 is 2.87 bits per heavy atom. The number of hydrogen-bond donors (Lipinski definition) is 2. The Bertz CT molecular complexity index is 451. The van der Waals surface area contributed by atoms with Crippen LogP contribution in [0.25, 0.3) is 0 Å². The fourth-order valence-corrected chi connectivity index (χ4v) is 1.78. The molecule has 0 saturated carbocycles. The highest BCUT2D eigenvalue weighted by molar-refractivity contribution is 7.89. The predicted molar refractivity (Wildman–Crippen MR) is 48.7 cm³/mol. The van der Waals surface area contributed by atoms with Crippen LogP contribution in [-0.2, 0) is 26.7 Å². The number of aromatic nitrogens is 2. The Labute approximate surface area is 86.0 Å². The Hall–Kier alpha value is -1.45. The van der Waals surface area contributed by atoms with E-state index in [2.05, 4.69) is 9.94 Å². The van der Waals surface area contributed by atoms with Crippen molar-refractivity contribution in [2.45, 2.75) is 5.03 Å². The van der Waals surface area contributed by atoms with Crippen molar-refractivity contribution in [3.8, 4) is 0 Å². The first-order valence-corrected chi connectivity index (χ1v) is 5.31. The Balaban J connectivity index is 2.69. The van der Waals surface area contributed by atoms with E-state index < -0.39 is 22.5 Å². The van der Waals surface area contributed by atoms with Gasteiger partial charge in [-0.05, 0) is 6.07 Å². The van der Waals surface area contributed by atoms with Crippen LogP contribution in [0.15, 0.2) is 17.3 Å². The Kier molecular flexibility index (Phi) is 3.39. The summed E-state index contributed by atoms with van der Waals surface area (Å²) in [7, 11) is -2.36. The van der Waals surface area contributed by atoms with Crippen molar-refractivity contribution >= 4 is 15.9 Å². The molecule has 0 spiro atoms. The van der Waals surface area contributed by atoms with Crippen molar-refractivity contribution in [2.24, 2.45) is 12.8 Å². The summed E-state index contributed by atoms with van der Waals surface area (Å²) in [6.07, 6.45) is 1.32. The fraction of sp³-hybridized carbons (Fsp3) is 0.333. The smallest absolute Gasteiger partial charge is 0.279 e. The number of aryl methyl sites for hydroxylation is 1. The average Bonchev–Trinajstić information content (AvgIpc) is 2.50. The van der Waals surface area contributed by atoms with Gasteiger partial charge in [0.2, 0.25) is 5.91 Å². The molecule has 0 aliphatic heterocycles. The number of amides is 1. The molecule has 0 atom stereocenters. The number of nitrogens with zero attached hydrogens (tertiary/aromatic N) is 2. The standard InChI is InChI=1S/C6H10N4O4S/c1-10-6(2-3-8-10)15(12,13)9-14-4-5(7)11/h2-3,9H,4H2,1H3,(H2,7,11). The molecule has 0 saturated heterocycles. The molecule has 0 radical (unpaired) electrons. The van der Waals surface area contributed by atoms with E-state index in [0.717, 1.165) is 4.68 Å². The maximum absolute atomic E-state index is 11.4. The second-order valence-corrected chi connectivity index (χ2v) is 4.23. The van der Waals surface area contributed by atoms with Gasteiger partial charge in [-0.25, -0.2) is 8.42 Å². The minimum Gasteiger partial charge on any atom is -0.368 e. The maximum Gasteiger partial charge on any atom is 0.279 e. The van der Waals surface area contributed by atoms with Crippen LogP contribution in [0.3, 0.4) is 0 Å². The summed E-state index contributed by atoms with van der Waals surface area (Å²) in [6, 6.07) is 1.29. The predicted octanol–water partition coefficient (Wildman–Crippen LogP) is -1.88. The lowest BCUT2D eigenvalue weighted by atomic mass is 10.7. The zero-order valence-electron chi connectivity index (χ0n) is 7.87. The van der Waals surface area contributed by atoms with Crippen LogP contribution in [0.5, 0.6) is 0 Å². The van der Waals surface area contributed by atoms with E-state index in [1.165, 1.54) is 19.3 Å². The lowest BCUT2D eigenvalue weighted by molar-refractivity contribution is -0.123. The maximum atomic E-state index is 11.4. The summed E-state index contributed by atoms with van der Waals surface area (Å²) in [5.74, 6) is -0.775. The molecule has 8 nitrogen and oxygen atoms in total. The summed E-state index contributed by atoms with van der Waals surface area (Å²) in [6.45, 7) is -0.531. The molecule has 3 N–H and O–H groups in total. The molecule has 0 aliphatic carbocycles. The van der Waals surface area contributed by atoms with Gasteiger partial charge < -0.3 is 5.73 Å². The molecule has 1 rings (SSSR count). The molecule has 0 fully saturated rings. The molecular formula is C6H10N4O4S. The third-order valence-electron chi connectivity index (χ3n) is 1.43. The van der Waals surface area contributed by atoms with E-state index in [1.807, 2.05) is 0 Å². The third-order valence-corrected chi connectivity index (χ3v) is 2.72. The lowest BCUT2D eigenvalue weighted by Crippen LogP contribution is -2.30. The van der Waals surface area contributed by atoms with Crippen molar-refractivity contribution < 1.29 is 18.0 Å². The summed E-state index contributed by atoms with van der Waals surface area (Å²) in [5.41, 5.74) is 4.75. The Morgan fingerprint density at radius 2 is 2.40 bits per heavy atom. The van der Waals surface area contributed by atoms with Gasteiger partial charge in [0.05, 0.1) is 6.20 Å². The quantitative estimate of drug-likeness (QED) is 0.578. The van der Waals surface area contributed by atoms with Gasteiger partial charge in [-0.2, -0.15) is 5.10 Å². The van der Waals surface area contributed by atoms with Gasteiger partial charge in [-0.1, -0.05) is 4.89 Å². The van der Waals surface area contributed by atoms with Gasteiger partial charge in [-0.3, -0.25) is 14.3 Å². The number of hydrogen-bond acceptors (Lipinski definition) is 5. The molecule has 1 aromatic heterocycles. The van der Waals surface area contributed by atoms with Gasteiger partial charge in [-0.15, -0.1) is 0 Å². The number of nitrogens with one attached hydrogen (secondary N) is 1. The zero-order valence-corrected chi connectivity index (χ0v) is 8.69. The highest BCUT2D eigenvalue weighted by Crippen LogP contribution is 2.04. The van der Waals surface area contributed by atoms with Crippen LogP contribution in [0.4, 0.5) is 0 Å². The second kappa shape index (κ2) is 4.38. The molecule has 15 heavy (non-hydrogen) atoms. The van der Waals surface area contributed by atoms with E-state index in [9.17, 15) is 13.2 Å². The van der Waals surface area contributed by atoms with Crippen molar-refractivity contribution in [1.82, 2.24) is 14.7 Å². The van der Waals surface area contributed by atoms with Gasteiger partial charge in [0.1, 0.15) is 6.61 Å². The molecule has 9 heteroatoms. The molecule has 0 aromatic carbocycles. The highest BCUT2D eigenvalue weighted by Gasteiger charge is 2.18. The normalized spacial score (nSPS) is 11.5. The van der Waals surface area contributed by atoms with Crippen molar-refractivity contribution in [2.75, 3.05) is 6.61 Å². The van der Waals surface area contributed by atoms with Gasteiger partial charge in [0.25, 0.3) is 10.0 Å². The van der Waals surface area contributed by atoms with Crippen LogP contribution in [0.1, 0.15) is 0 Å². The summed E-state index contributed by atoms with van der Waals surface area (Å²) >= 11 is 0. The summed E-state index contributed by atoms with van der Waals surface area (Å²) in [5, 5.41) is 3.60. The lowest BCUT2D eigenvalue weighted by Gasteiger charge is -2.05. The van der Waals surface area contributed by atoms with E-state index in [0.29, 0.717) is 0 Å². The molecule has 1 aromatic rings. The minimum absolute atomic E-state index is 0.0769. The molecule has 0 bridgehead atoms. The number of rotatable bonds is 5. The molecule has 0 unspecified atom stereocenters. The first-order valence-electron chi connectivity index (χ1n) is 3.83. The largest absolute Gasteiger partial charge is 0.368 e.